The molecule has 0 saturated heterocycles. The minimum atomic E-state index is -1.76. The van der Waals surface area contributed by atoms with Crippen LogP contribution in [0.3, 0.4) is 0 Å². The van der Waals surface area contributed by atoms with Gasteiger partial charge in [0, 0.05) is 51.5 Å². The van der Waals surface area contributed by atoms with Crippen molar-refractivity contribution in [3.05, 3.63) is 72.5 Å². The minimum absolute atomic E-state index is 0. The van der Waals surface area contributed by atoms with Crippen LogP contribution in [-0.2, 0) is 41.9 Å². The molecule has 0 aromatic heterocycles. The molecule has 0 spiro atoms. The summed E-state index contributed by atoms with van der Waals surface area (Å²) in [6.07, 6.45) is 3.43. The van der Waals surface area contributed by atoms with Crippen molar-refractivity contribution in [2.45, 2.75) is 13.1 Å². The van der Waals surface area contributed by atoms with Crippen LogP contribution in [0.1, 0.15) is 10.4 Å². The molecule has 1 radical (unpaired) electrons. The van der Waals surface area contributed by atoms with Crippen LogP contribution in [0, 0.1) is 6.07 Å². The third kappa shape index (κ3) is 6.44. The van der Waals surface area contributed by atoms with E-state index in [0.717, 1.165) is 11.1 Å². The molecule has 0 aliphatic heterocycles. The van der Waals surface area contributed by atoms with Gasteiger partial charge in [0.1, 0.15) is 6.23 Å². The Morgan fingerprint density at radius 3 is 2.25 bits per heavy atom. The molecule has 0 bridgehead atoms. The quantitative estimate of drug-likeness (QED) is 0.223. The Morgan fingerprint density at radius 1 is 1.08 bits per heavy atom. The number of benzene rings is 2. The molecule has 0 amide bonds. The van der Waals surface area contributed by atoms with Crippen LogP contribution in [0.4, 0.5) is 0 Å². The van der Waals surface area contributed by atoms with Crippen molar-refractivity contribution >= 4 is 14.1 Å². The largest absolute Gasteiger partial charge is 0.502 e. The average molecular weight is 414 g/mol. The minimum Gasteiger partial charge on any atom is -0.502 e. The van der Waals surface area contributed by atoms with Gasteiger partial charge in [-0.05, 0) is 18.7 Å². The Bertz CT molecular complexity index is 667. The van der Waals surface area contributed by atoms with E-state index in [0.29, 0.717) is 11.8 Å². The van der Waals surface area contributed by atoms with E-state index in [9.17, 15) is 4.79 Å². The maximum atomic E-state index is 12.1. The monoisotopic (exact) mass is 414 g/mol. The molecule has 2 aromatic rings. The first-order chi connectivity index (χ1) is 11.0. The van der Waals surface area contributed by atoms with Gasteiger partial charge in [-0.15, -0.1) is 5.56 Å². The van der Waals surface area contributed by atoms with E-state index >= 15 is 0 Å². The number of hydrogen-bond acceptors (Lipinski definition) is 3. The second-order valence-electron chi connectivity index (χ2n) is 5.81. The molecule has 0 aliphatic rings. The van der Waals surface area contributed by atoms with Gasteiger partial charge < -0.3 is 9.16 Å². The van der Waals surface area contributed by atoms with Gasteiger partial charge >= 0.3 is 0 Å². The summed E-state index contributed by atoms with van der Waals surface area (Å²) < 4.78 is 10.8. The van der Waals surface area contributed by atoms with Gasteiger partial charge in [0.25, 0.3) is 0 Å². The molecule has 0 N–H and O–H groups in total. The molecule has 0 atom stereocenters. The summed E-state index contributed by atoms with van der Waals surface area (Å²) in [5.41, 5.74) is 2.82. The van der Waals surface area contributed by atoms with Crippen LogP contribution in [0.2, 0.25) is 13.1 Å². The van der Waals surface area contributed by atoms with Crippen LogP contribution < -0.4 is 0 Å². The standard InChI is InChI=1S/C19H21O3Si.Y/c1-21-23(2,3)15-22-14-13-19(20)18-11-9-17(10-12-18)16-7-5-4-6-8-16;/h5-14H,15H2,1-3H3;/q-1;/b14-13+;. The molecule has 3 nitrogen and oxygen atoms in total. The van der Waals surface area contributed by atoms with Crippen molar-refractivity contribution in [1.82, 2.24) is 0 Å². The smallest absolute Gasteiger partial charge is 0.224 e. The first kappa shape index (κ1) is 21.0. The molecular formula is C19H21O3SiY-. The summed E-state index contributed by atoms with van der Waals surface area (Å²) >= 11 is 0. The van der Waals surface area contributed by atoms with E-state index in [1.807, 2.05) is 48.5 Å². The maximum absolute atomic E-state index is 12.1. The molecule has 2 rings (SSSR count). The molecule has 123 valence electrons. The SMILES string of the molecule is CO[Si](C)(C)CO/C=C/C(=O)c1ccc(-c2cc[c-]cc2)cc1.[Y]. The van der Waals surface area contributed by atoms with Crippen molar-refractivity contribution in [1.29, 1.82) is 0 Å². The molecule has 0 heterocycles. The van der Waals surface area contributed by atoms with E-state index in [4.69, 9.17) is 9.16 Å². The summed E-state index contributed by atoms with van der Waals surface area (Å²) in [6.45, 7) is 4.12. The number of hydrogen-bond donors (Lipinski definition) is 0. The molecule has 5 heteroatoms. The number of allylic oxidation sites excluding steroid dienone is 1. The summed E-state index contributed by atoms with van der Waals surface area (Å²) in [4.78, 5) is 12.1. The Kier molecular flexibility index (Phi) is 8.78. The third-order valence-electron chi connectivity index (χ3n) is 3.52. The molecule has 0 aliphatic carbocycles. The van der Waals surface area contributed by atoms with Crippen LogP contribution in [-0.4, -0.2) is 27.4 Å². The molecule has 0 saturated carbocycles. The first-order valence-corrected chi connectivity index (χ1v) is 10.6. The molecule has 0 unspecified atom stereocenters. The molecule has 0 fully saturated rings. The van der Waals surface area contributed by atoms with Crippen LogP contribution in [0.15, 0.2) is 60.9 Å². The van der Waals surface area contributed by atoms with Crippen molar-refractivity contribution in [3.63, 3.8) is 0 Å². The van der Waals surface area contributed by atoms with Gasteiger partial charge in [0.05, 0.1) is 6.26 Å². The maximum Gasteiger partial charge on any atom is 0.224 e. The fourth-order valence-corrected chi connectivity index (χ4v) is 2.54. The zero-order valence-electron chi connectivity index (χ0n) is 14.3. The zero-order chi connectivity index (χ0) is 16.7. The molecule has 24 heavy (non-hydrogen) atoms. The topological polar surface area (TPSA) is 35.5 Å². The first-order valence-electron chi connectivity index (χ1n) is 7.46. The van der Waals surface area contributed by atoms with E-state index < -0.39 is 8.32 Å². The van der Waals surface area contributed by atoms with Crippen LogP contribution in [0.25, 0.3) is 11.1 Å². The van der Waals surface area contributed by atoms with Gasteiger partial charge in [0.2, 0.25) is 8.32 Å². The zero-order valence-corrected chi connectivity index (χ0v) is 18.1. The Hall–Kier alpha value is -1.07. The van der Waals surface area contributed by atoms with E-state index in [1.165, 1.54) is 12.3 Å². The second kappa shape index (κ2) is 10.0. The van der Waals surface area contributed by atoms with E-state index in [2.05, 4.69) is 19.2 Å². The number of rotatable bonds is 7. The Balaban J connectivity index is 0.00000288. The van der Waals surface area contributed by atoms with Crippen molar-refractivity contribution in [2.24, 2.45) is 0 Å². The third-order valence-corrected chi connectivity index (χ3v) is 5.49. The Morgan fingerprint density at radius 2 is 1.67 bits per heavy atom. The Labute approximate surface area is 170 Å². The van der Waals surface area contributed by atoms with Gasteiger partial charge in [-0.25, -0.2) is 0 Å². The van der Waals surface area contributed by atoms with Gasteiger partial charge in [0.15, 0.2) is 5.78 Å². The second-order valence-corrected chi connectivity index (χ2v) is 10.0. The summed E-state index contributed by atoms with van der Waals surface area (Å²) in [6, 6.07) is 18.3. The van der Waals surface area contributed by atoms with Crippen LogP contribution >= 0.6 is 0 Å². The summed E-state index contributed by atoms with van der Waals surface area (Å²) in [7, 11) is -0.0696. The molecular weight excluding hydrogens is 393 g/mol. The predicted molar refractivity (Wildman–Crippen MR) is 94.6 cm³/mol. The van der Waals surface area contributed by atoms with Crippen molar-refractivity contribution < 1.29 is 46.7 Å². The van der Waals surface area contributed by atoms with Gasteiger partial charge in [-0.2, -0.15) is 30.3 Å². The summed E-state index contributed by atoms with van der Waals surface area (Å²) in [5, 5.41) is 0. The molecule has 2 aromatic carbocycles. The number of ether oxygens (including phenoxy) is 1. The van der Waals surface area contributed by atoms with Crippen LogP contribution in [0.5, 0.6) is 0 Å². The van der Waals surface area contributed by atoms with Crippen molar-refractivity contribution in [3.8, 4) is 11.1 Å². The van der Waals surface area contributed by atoms with Crippen molar-refractivity contribution in [2.75, 3.05) is 13.3 Å². The van der Waals surface area contributed by atoms with E-state index in [1.54, 1.807) is 7.11 Å². The number of ketones is 1. The predicted octanol–water partition coefficient (Wildman–Crippen LogP) is 4.25. The average Bonchev–Trinajstić information content (AvgIpc) is 2.59. The van der Waals surface area contributed by atoms with Gasteiger partial charge in [-0.1, -0.05) is 24.3 Å². The normalized spacial score (nSPS) is 11.1. The summed E-state index contributed by atoms with van der Waals surface area (Å²) in [5.74, 6) is -0.0742. The fourth-order valence-electron chi connectivity index (χ4n) is 1.92. The van der Waals surface area contributed by atoms with E-state index in [-0.39, 0.29) is 38.5 Å². The number of carbonyl (C=O) groups excluding carboxylic acids is 1. The fraction of sp³-hybridized carbons (Fsp3) is 0.211. The van der Waals surface area contributed by atoms with Gasteiger partial charge in [-0.3, -0.25) is 4.79 Å². The number of carbonyl (C=O) groups is 1.